The average Bonchev–Trinajstić information content (AvgIpc) is 2.63. The van der Waals surface area contributed by atoms with Gasteiger partial charge in [-0.05, 0) is 47.4 Å². The fraction of sp³-hybridized carbons (Fsp3) is 0.429. The number of piperidine rings is 1. The maximum absolute atomic E-state index is 6.09. The SMILES string of the molecule is Cn1c(C2CCCCN2)c(Br)c2ccc(Cl)cc21. The van der Waals surface area contributed by atoms with E-state index in [1.807, 2.05) is 12.1 Å². The Morgan fingerprint density at radius 2 is 2.22 bits per heavy atom. The number of nitrogens with one attached hydrogen (secondary N) is 1. The van der Waals surface area contributed by atoms with E-state index in [1.165, 1.54) is 40.3 Å². The monoisotopic (exact) mass is 326 g/mol. The summed E-state index contributed by atoms with van der Waals surface area (Å²) in [4.78, 5) is 0. The van der Waals surface area contributed by atoms with Gasteiger partial charge in [0.25, 0.3) is 0 Å². The number of fused-ring (bicyclic) bond motifs is 1. The van der Waals surface area contributed by atoms with Gasteiger partial charge in [-0.15, -0.1) is 0 Å². The van der Waals surface area contributed by atoms with Crippen molar-refractivity contribution in [3.8, 4) is 0 Å². The van der Waals surface area contributed by atoms with Gasteiger partial charge in [-0.25, -0.2) is 0 Å². The molecule has 2 aromatic rings. The number of aromatic nitrogens is 1. The van der Waals surface area contributed by atoms with Crippen LogP contribution in [0.3, 0.4) is 0 Å². The lowest BCUT2D eigenvalue weighted by Crippen LogP contribution is -2.28. The molecule has 18 heavy (non-hydrogen) atoms. The molecule has 4 heteroatoms. The maximum atomic E-state index is 6.09. The zero-order valence-electron chi connectivity index (χ0n) is 10.3. The van der Waals surface area contributed by atoms with Gasteiger partial charge in [0.05, 0.1) is 5.52 Å². The van der Waals surface area contributed by atoms with Crippen LogP contribution in [0.25, 0.3) is 10.9 Å². The van der Waals surface area contributed by atoms with Gasteiger partial charge in [0.2, 0.25) is 0 Å². The molecule has 2 nitrogen and oxygen atoms in total. The highest BCUT2D eigenvalue weighted by molar-refractivity contribution is 9.10. The molecule has 0 spiro atoms. The molecule has 0 saturated carbocycles. The van der Waals surface area contributed by atoms with Crippen molar-refractivity contribution in [2.24, 2.45) is 7.05 Å². The third kappa shape index (κ3) is 1.98. The van der Waals surface area contributed by atoms with Gasteiger partial charge in [-0.3, -0.25) is 0 Å². The van der Waals surface area contributed by atoms with Gasteiger partial charge in [-0.2, -0.15) is 0 Å². The average molecular weight is 328 g/mol. The van der Waals surface area contributed by atoms with Crippen molar-refractivity contribution in [3.05, 3.63) is 33.4 Å². The first-order valence-electron chi connectivity index (χ1n) is 6.35. The molecule has 1 N–H and O–H groups in total. The second kappa shape index (κ2) is 4.87. The Labute approximate surface area is 120 Å². The highest BCUT2D eigenvalue weighted by Gasteiger charge is 2.23. The first kappa shape index (κ1) is 12.5. The van der Waals surface area contributed by atoms with Crippen molar-refractivity contribution in [2.45, 2.75) is 25.3 Å². The Balaban J connectivity index is 2.16. The van der Waals surface area contributed by atoms with E-state index in [-0.39, 0.29) is 0 Å². The van der Waals surface area contributed by atoms with Crippen LogP contribution < -0.4 is 5.32 Å². The van der Waals surface area contributed by atoms with Crippen LogP contribution in [0, 0.1) is 0 Å². The molecule has 1 aliphatic heterocycles. The zero-order chi connectivity index (χ0) is 12.7. The smallest absolute Gasteiger partial charge is 0.0507 e. The summed E-state index contributed by atoms with van der Waals surface area (Å²) in [6.07, 6.45) is 3.78. The van der Waals surface area contributed by atoms with E-state index in [1.54, 1.807) is 0 Å². The van der Waals surface area contributed by atoms with Crippen LogP contribution in [0.15, 0.2) is 22.7 Å². The molecule has 0 amide bonds. The Hall–Kier alpha value is -0.510. The van der Waals surface area contributed by atoms with E-state index in [0.717, 1.165) is 11.6 Å². The molecular formula is C14H16BrClN2. The number of rotatable bonds is 1. The van der Waals surface area contributed by atoms with Gasteiger partial charge in [0.1, 0.15) is 0 Å². The summed E-state index contributed by atoms with van der Waals surface area (Å²) in [5.74, 6) is 0. The summed E-state index contributed by atoms with van der Waals surface area (Å²) in [5, 5.41) is 5.64. The molecule has 1 atom stereocenters. The van der Waals surface area contributed by atoms with Gasteiger partial charge in [0, 0.05) is 33.7 Å². The van der Waals surface area contributed by atoms with Crippen molar-refractivity contribution >= 4 is 38.4 Å². The second-order valence-corrected chi connectivity index (χ2v) is 6.15. The minimum absolute atomic E-state index is 0.448. The molecule has 1 aliphatic rings. The number of halogens is 2. The van der Waals surface area contributed by atoms with E-state index in [9.17, 15) is 0 Å². The molecular weight excluding hydrogens is 312 g/mol. The molecule has 1 unspecified atom stereocenters. The van der Waals surface area contributed by atoms with Crippen LogP contribution in [0.5, 0.6) is 0 Å². The first-order valence-corrected chi connectivity index (χ1v) is 7.52. The van der Waals surface area contributed by atoms with E-state index in [0.29, 0.717) is 6.04 Å². The second-order valence-electron chi connectivity index (χ2n) is 4.92. The van der Waals surface area contributed by atoms with Gasteiger partial charge in [0.15, 0.2) is 0 Å². The summed E-state index contributed by atoms with van der Waals surface area (Å²) in [6.45, 7) is 1.11. The van der Waals surface area contributed by atoms with E-state index < -0.39 is 0 Å². The highest BCUT2D eigenvalue weighted by atomic mass is 79.9. The molecule has 1 aromatic carbocycles. The lowest BCUT2D eigenvalue weighted by molar-refractivity contribution is 0.398. The maximum Gasteiger partial charge on any atom is 0.0507 e. The Morgan fingerprint density at radius 1 is 1.39 bits per heavy atom. The summed E-state index contributed by atoms with van der Waals surface area (Å²) < 4.78 is 3.46. The number of hydrogen-bond donors (Lipinski definition) is 1. The van der Waals surface area contributed by atoms with Gasteiger partial charge < -0.3 is 9.88 Å². The molecule has 0 bridgehead atoms. The fourth-order valence-corrected chi connectivity index (χ4v) is 3.90. The quantitative estimate of drug-likeness (QED) is 0.821. The molecule has 2 heterocycles. The normalized spacial score (nSPS) is 20.5. The predicted octanol–water partition coefficient (Wildman–Crippen LogP) is 4.41. The summed E-state index contributed by atoms with van der Waals surface area (Å²) >= 11 is 9.85. The van der Waals surface area contributed by atoms with E-state index >= 15 is 0 Å². The number of nitrogens with zero attached hydrogens (tertiary/aromatic N) is 1. The number of benzene rings is 1. The molecule has 1 aromatic heterocycles. The van der Waals surface area contributed by atoms with Crippen LogP contribution >= 0.6 is 27.5 Å². The fourth-order valence-electron chi connectivity index (χ4n) is 2.85. The molecule has 0 radical (unpaired) electrons. The molecule has 96 valence electrons. The Morgan fingerprint density at radius 3 is 2.94 bits per heavy atom. The first-order chi connectivity index (χ1) is 8.68. The molecule has 1 fully saturated rings. The third-order valence-corrected chi connectivity index (χ3v) is 4.85. The summed E-state index contributed by atoms with van der Waals surface area (Å²) in [7, 11) is 2.12. The zero-order valence-corrected chi connectivity index (χ0v) is 12.7. The minimum atomic E-state index is 0.448. The molecule has 0 aliphatic carbocycles. The van der Waals surface area contributed by atoms with Crippen molar-refractivity contribution < 1.29 is 0 Å². The van der Waals surface area contributed by atoms with Crippen LogP contribution in [-0.4, -0.2) is 11.1 Å². The summed E-state index contributed by atoms with van der Waals surface area (Å²) in [5.41, 5.74) is 2.53. The lowest BCUT2D eigenvalue weighted by Gasteiger charge is -2.24. The Kier molecular flexibility index (Phi) is 3.39. The summed E-state index contributed by atoms with van der Waals surface area (Å²) in [6, 6.07) is 6.53. The molecule has 3 rings (SSSR count). The highest BCUT2D eigenvalue weighted by Crippen LogP contribution is 2.37. The van der Waals surface area contributed by atoms with Crippen LogP contribution in [0.2, 0.25) is 5.02 Å². The predicted molar refractivity (Wildman–Crippen MR) is 80.2 cm³/mol. The number of hydrogen-bond acceptors (Lipinski definition) is 1. The van der Waals surface area contributed by atoms with Crippen LogP contribution in [-0.2, 0) is 7.05 Å². The van der Waals surface area contributed by atoms with Crippen molar-refractivity contribution in [2.75, 3.05) is 6.54 Å². The van der Waals surface area contributed by atoms with Gasteiger partial charge in [-0.1, -0.05) is 24.1 Å². The standard InChI is InChI=1S/C14H16BrClN2/c1-18-12-8-9(16)5-6-10(12)13(15)14(18)11-4-2-3-7-17-11/h5-6,8,11,17H,2-4,7H2,1H3. The minimum Gasteiger partial charge on any atom is -0.345 e. The van der Waals surface area contributed by atoms with E-state index in [4.69, 9.17) is 11.6 Å². The van der Waals surface area contributed by atoms with Crippen LogP contribution in [0.1, 0.15) is 31.0 Å². The van der Waals surface area contributed by atoms with Crippen LogP contribution in [0.4, 0.5) is 0 Å². The largest absolute Gasteiger partial charge is 0.345 e. The van der Waals surface area contributed by atoms with Crippen molar-refractivity contribution in [1.82, 2.24) is 9.88 Å². The van der Waals surface area contributed by atoms with Gasteiger partial charge >= 0.3 is 0 Å². The Bertz CT molecular complexity index is 585. The van der Waals surface area contributed by atoms with Crippen molar-refractivity contribution in [3.63, 3.8) is 0 Å². The molecule has 1 saturated heterocycles. The topological polar surface area (TPSA) is 17.0 Å². The number of aryl methyl sites for hydroxylation is 1. The lowest BCUT2D eigenvalue weighted by atomic mass is 10.0. The third-order valence-electron chi connectivity index (χ3n) is 3.78. The van der Waals surface area contributed by atoms with Crippen molar-refractivity contribution in [1.29, 1.82) is 0 Å². The van der Waals surface area contributed by atoms with E-state index in [2.05, 4.69) is 38.9 Å².